The van der Waals surface area contributed by atoms with Crippen molar-refractivity contribution in [2.24, 2.45) is 0 Å². The van der Waals surface area contributed by atoms with E-state index in [0.29, 0.717) is 17.5 Å². The van der Waals surface area contributed by atoms with E-state index in [9.17, 15) is 0 Å². The first-order chi connectivity index (χ1) is 31.7. The zero-order valence-electron chi connectivity index (χ0n) is 34.5. The third kappa shape index (κ3) is 5.79. The van der Waals surface area contributed by atoms with Crippen molar-refractivity contribution in [1.29, 1.82) is 0 Å². The van der Waals surface area contributed by atoms with E-state index in [1.54, 1.807) is 0 Å². The van der Waals surface area contributed by atoms with Crippen molar-refractivity contribution in [3.8, 4) is 62.1 Å². The fraction of sp³-hybridized carbons (Fsp3) is 0. The molecule has 0 fully saturated rings. The fourth-order valence-corrected chi connectivity index (χ4v) is 11.0. The molecular weight excluding hydrogens is 797 g/mol. The van der Waals surface area contributed by atoms with E-state index in [2.05, 4.69) is 187 Å². The fourth-order valence-electron chi connectivity index (χ4n) is 9.75. The van der Waals surface area contributed by atoms with E-state index in [4.69, 9.17) is 15.0 Å². The molecule has 0 bridgehead atoms. The summed E-state index contributed by atoms with van der Waals surface area (Å²) >= 11 is 1.88. The molecule has 0 spiro atoms. The molecule has 0 radical (unpaired) electrons. The molecule has 0 amide bonds. The van der Waals surface area contributed by atoms with Gasteiger partial charge in [-0.25, -0.2) is 15.0 Å². The van der Waals surface area contributed by atoms with Crippen LogP contribution in [0.1, 0.15) is 0 Å². The Labute approximate surface area is 373 Å². The first-order valence-electron chi connectivity index (χ1n) is 21.6. The van der Waals surface area contributed by atoms with Gasteiger partial charge < -0.3 is 4.57 Å². The van der Waals surface area contributed by atoms with Crippen molar-refractivity contribution in [2.45, 2.75) is 0 Å². The number of benzene rings is 10. The second-order valence-electron chi connectivity index (χ2n) is 16.3. The Morgan fingerprint density at radius 3 is 1.41 bits per heavy atom. The molecule has 10 aromatic carbocycles. The summed E-state index contributed by atoms with van der Waals surface area (Å²) in [5, 5.41) is 9.78. The van der Waals surface area contributed by atoms with Crippen LogP contribution in [-0.4, -0.2) is 19.5 Å². The highest BCUT2D eigenvalue weighted by molar-refractivity contribution is 7.26. The predicted octanol–water partition coefficient (Wildman–Crippen LogP) is 16.0. The second kappa shape index (κ2) is 14.7. The highest BCUT2D eigenvalue weighted by Gasteiger charge is 2.23. The predicted molar refractivity (Wildman–Crippen MR) is 269 cm³/mol. The van der Waals surface area contributed by atoms with E-state index in [0.717, 1.165) is 38.9 Å². The van der Waals surface area contributed by atoms with Gasteiger partial charge in [-0.15, -0.1) is 11.3 Å². The van der Waals surface area contributed by atoms with Gasteiger partial charge in [-0.05, 0) is 74.1 Å². The van der Waals surface area contributed by atoms with Crippen LogP contribution in [0.15, 0.2) is 218 Å². The van der Waals surface area contributed by atoms with Gasteiger partial charge in [0.1, 0.15) is 0 Å². The number of nitrogens with zero attached hydrogens (tertiary/aromatic N) is 4. The lowest BCUT2D eigenvalue weighted by molar-refractivity contribution is 1.07. The summed E-state index contributed by atoms with van der Waals surface area (Å²) < 4.78 is 5.11. The molecule has 0 aliphatic rings. The monoisotopic (exact) mass is 832 g/mol. The highest BCUT2D eigenvalue weighted by Crippen LogP contribution is 2.48. The maximum Gasteiger partial charge on any atom is 0.164 e. The molecule has 5 heteroatoms. The van der Waals surface area contributed by atoms with E-state index in [1.807, 2.05) is 47.7 Å². The maximum atomic E-state index is 5.15. The zero-order valence-corrected chi connectivity index (χ0v) is 35.3. The lowest BCUT2D eigenvalue weighted by atomic mass is 9.84. The van der Waals surface area contributed by atoms with E-state index >= 15 is 0 Å². The van der Waals surface area contributed by atoms with E-state index in [-0.39, 0.29) is 0 Å². The minimum Gasteiger partial charge on any atom is -0.308 e. The molecule has 0 aliphatic carbocycles. The summed E-state index contributed by atoms with van der Waals surface area (Å²) in [5.74, 6) is 1.91. The molecule has 13 rings (SSSR count). The summed E-state index contributed by atoms with van der Waals surface area (Å²) in [6.45, 7) is 0. The number of hydrogen-bond acceptors (Lipinski definition) is 4. The van der Waals surface area contributed by atoms with Crippen LogP contribution in [0.5, 0.6) is 0 Å². The molecule has 0 saturated heterocycles. The van der Waals surface area contributed by atoms with Gasteiger partial charge in [-0.3, -0.25) is 0 Å². The van der Waals surface area contributed by atoms with Crippen LogP contribution < -0.4 is 0 Å². The molecule has 0 aliphatic heterocycles. The van der Waals surface area contributed by atoms with E-state index < -0.39 is 0 Å². The second-order valence-corrected chi connectivity index (χ2v) is 17.4. The Balaban J connectivity index is 1.12. The summed E-state index contributed by atoms with van der Waals surface area (Å²) in [6, 6.07) is 78.2. The van der Waals surface area contributed by atoms with Crippen molar-refractivity contribution in [3.05, 3.63) is 218 Å². The number of fused-ring (bicyclic) bond motifs is 10. The SMILES string of the molecule is c1ccc(-c2nc(-c3ccccc3)nc(-c3ccc4c(c3)c(-c3ccccc3)c(-c3ccccc3)c3cc(-n5c6ccccc6c6ccc7c8ccccc8sc7c65)ccc34)n2)cc1. The lowest BCUT2D eigenvalue weighted by Gasteiger charge is -2.20. The number of thiophene rings is 1. The molecular formula is C59H36N4S. The maximum absolute atomic E-state index is 5.15. The van der Waals surface area contributed by atoms with Gasteiger partial charge >= 0.3 is 0 Å². The molecule has 64 heavy (non-hydrogen) atoms. The molecule has 0 saturated carbocycles. The average molecular weight is 833 g/mol. The number of aromatic nitrogens is 4. The van der Waals surface area contributed by atoms with E-state index in [1.165, 1.54) is 69.3 Å². The third-order valence-electron chi connectivity index (χ3n) is 12.6. The quantitative estimate of drug-likeness (QED) is 0.157. The smallest absolute Gasteiger partial charge is 0.164 e. The van der Waals surface area contributed by atoms with Gasteiger partial charge in [0.15, 0.2) is 17.5 Å². The Kier molecular flexibility index (Phi) is 8.36. The molecule has 4 nitrogen and oxygen atoms in total. The van der Waals surface area contributed by atoms with Gasteiger partial charge in [0.2, 0.25) is 0 Å². The van der Waals surface area contributed by atoms with Crippen molar-refractivity contribution in [1.82, 2.24) is 19.5 Å². The van der Waals surface area contributed by atoms with Crippen molar-refractivity contribution >= 4 is 74.9 Å². The van der Waals surface area contributed by atoms with Crippen molar-refractivity contribution in [2.75, 3.05) is 0 Å². The number of hydrogen-bond donors (Lipinski definition) is 0. The summed E-state index contributed by atoms with van der Waals surface area (Å²) in [7, 11) is 0. The first kappa shape index (κ1) is 36.4. The minimum absolute atomic E-state index is 0.629. The molecule has 3 aromatic heterocycles. The summed E-state index contributed by atoms with van der Waals surface area (Å²) in [5.41, 5.74) is 11.0. The lowest BCUT2D eigenvalue weighted by Crippen LogP contribution is -2.00. The van der Waals surface area contributed by atoms with Crippen LogP contribution in [0.4, 0.5) is 0 Å². The van der Waals surface area contributed by atoms with Gasteiger partial charge in [0, 0.05) is 48.6 Å². The molecule has 0 unspecified atom stereocenters. The molecule has 13 aromatic rings. The Bertz CT molecular complexity index is 3870. The van der Waals surface area contributed by atoms with Crippen LogP contribution in [0, 0.1) is 0 Å². The summed E-state index contributed by atoms with van der Waals surface area (Å²) in [6.07, 6.45) is 0. The normalized spacial score (nSPS) is 11.8. The Morgan fingerprint density at radius 2 is 0.781 bits per heavy atom. The number of rotatable bonds is 6. The topological polar surface area (TPSA) is 43.6 Å². The van der Waals surface area contributed by atoms with Gasteiger partial charge in [-0.2, -0.15) is 0 Å². The van der Waals surface area contributed by atoms with Crippen LogP contribution in [0.25, 0.3) is 126 Å². The minimum atomic E-state index is 0.629. The average Bonchev–Trinajstić information content (AvgIpc) is 3.93. The van der Waals surface area contributed by atoms with Crippen molar-refractivity contribution < 1.29 is 0 Å². The zero-order chi connectivity index (χ0) is 42.1. The van der Waals surface area contributed by atoms with Crippen LogP contribution in [0.2, 0.25) is 0 Å². The first-order valence-corrected chi connectivity index (χ1v) is 22.4. The standard InChI is InChI=1S/C59H36N4S/c1-5-17-37(18-6-1)53-49-35-41(59-61-57(39-21-9-3-10-22-39)60-58(62-59)40-23-11-4-12-24-40)29-31-43(49)44-32-30-42(36-50(44)54(53)38-19-7-2-8-20-38)63-51-27-15-13-25-45(51)47-33-34-48-46-26-14-16-28-52(46)64-56(48)55(47)63/h1-36H. The van der Waals surface area contributed by atoms with Crippen LogP contribution in [-0.2, 0) is 0 Å². The van der Waals surface area contributed by atoms with Crippen LogP contribution in [0.3, 0.4) is 0 Å². The molecule has 0 N–H and O–H groups in total. The largest absolute Gasteiger partial charge is 0.308 e. The number of para-hydroxylation sites is 1. The van der Waals surface area contributed by atoms with Gasteiger partial charge in [0.25, 0.3) is 0 Å². The molecule has 3 heterocycles. The Hall–Kier alpha value is -8.25. The van der Waals surface area contributed by atoms with Crippen molar-refractivity contribution in [3.63, 3.8) is 0 Å². The van der Waals surface area contributed by atoms with Crippen LogP contribution >= 0.6 is 11.3 Å². The van der Waals surface area contributed by atoms with Gasteiger partial charge in [0.05, 0.1) is 15.7 Å². The van der Waals surface area contributed by atoms with Gasteiger partial charge in [-0.1, -0.05) is 188 Å². The Morgan fingerprint density at radius 1 is 0.312 bits per heavy atom. The molecule has 298 valence electrons. The highest BCUT2D eigenvalue weighted by atomic mass is 32.1. The third-order valence-corrected chi connectivity index (χ3v) is 13.8. The summed E-state index contributed by atoms with van der Waals surface area (Å²) in [4.78, 5) is 15.3. The molecule has 0 atom stereocenters.